The second-order valence-electron chi connectivity index (χ2n) is 5.12. The Kier molecular flexibility index (Phi) is 14.4. The molecule has 0 aromatic heterocycles. The van der Waals surface area contributed by atoms with Gasteiger partial charge in [-0.2, -0.15) is 0 Å². The van der Waals surface area contributed by atoms with Gasteiger partial charge in [-0.1, -0.05) is 0 Å². The van der Waals surface area contributed by atoms with E-state index in [0.29, 0.717) is 38.8 Å². The van der Waals surface area contributed by atoms with Gasteiger partial charge >= 0.3 is 0 Å². The fraction of sp³-hybridized carbons (Fsp3) is 0.867. The summed E-state index contributed by atoms with van der Waals surface area (Å²) in [4.78, 5) is 22.7. The Morgan fingerprint density at radius 1 is 0.619 bits per heavy atom. The second kappa shape index (κ2) is 15.3. The molecule has 0 rings (SSSR count). The fourth-order valence-electron chi connectivity index (χ4n) is 1.85. The minimum atomic E-state index is 0.0423. The minimum Gasteiger partial charge on any atom is -0.396 e. The van der Waals surface area contributed by atoms with Crippen molar-refractivity contribution < 1.29 is 19.8 Å². The van der Waals surface area contributed by atoms with Crippen LogP contribution in [-0.2, 0) is 9.59 Å². The lowest BCUT2D eigenvalue weighted by Gasteiger charge is -2.06. The number of rotatable bonds is 14. The monoisotopic (exact) mass is 302 g/mol. The molecule has 0 saturated heterocycles. The zero-order valence-electron chi connectivity index (χ0n) is 12.9. The van der Waals surface area contributed by atoms with Gasteiger partial charge in [0.15, 0.2) is 0 Å². The summed E-state index contributed by atoms with van der Waals surface area (Å²) in [6.07, 6.45) is 6.53. The lowest BCUT2D eigenvalue weighted by molar-refractivity contribution is -0.121. The first kappa shape index (κ1) is 19.9. The maximum Gasteiger partial charge on any atom is 0.219 e. The summed E-state index contributed by atoms with van der Waals surface area (Å²) in [5.74, 6) is 0.0845. The molecule has 0 fully saturated rings. The molecule has 0 heterocycles. The molecule has 6 heteroatoms. The predicted octanol–water partition coefficient (Wildman–Crippen LogP) is 0.714. The molecular formula is C15H30N2O4. The number of hydrogen-bond acceptors (Lipinski definition) is 4. The van der Waals surface area contributed by atoms with Crippen LogP contribution in [0.25, 0.3) is 0 Å². The van der Waals surface area contributed by atoms with E-state index in [2.05, 4.69) is 10.6 Å². The zero-order valence-corrected chi connectivity index (χ0v) is 12.9. The average Bonchev–Trinajstić information content (AvgIpc) is 2.47. The largest absolute Gasteiger partial charge is 0.396 e. The lowest BCUT2D eigenvalue weighted by atomic mass is 10.2. The number of unbranched alkanes of at least 4 members (excludes halogenated alkanes) is 4. The summed E-state index contributed by atoms with van der Waals surface area (Å²) in [6, 6.07) is 0. The van der Waals surface area contributed by atoms with E-state index in [4.69, 9.17) is 10.2 Å². The van der Waals surface area contributed by atoms with Gasteiger partial charge in [-0.05, 0) is 44.9 Å². The molecule has 0 aliphatic carbocycles. The molecule has 0 unspecified atom stereocenters. The maximum absolute atomic E-state index is 11.4. The third kappa shape index (κ3) is 15.1. The molecule has 0 aliphatic rings. The van der Waals surface area contributed by atoms with Crippen molar-refractivity contribution in [3.8, 4) is 0 Å². The average molecular weight is 302 g/mol. The van der Waals surface area contributed by atoms with Crippen LogP contribution in [-0.4, -0.2) is 48.3 Å². The number of amides is 2. The van der Waals surface area contributed by atoms with Crippen molar-refractivity contribution in [2.45, 2.75) is 57.8 Å². The van der Waals surface area contributed by atoms with Crippen LogP contribution >= 0.6 is 0 Å². The molecule has 0 saturated carbocycles. The van der Waals surface area contributed by atoms with Gasteiger partial charge in [0, 0.05) is 39.1 Å². The molecule has 0 bridgehead atoms. The fourth-order valence-corrected chi connectivity index (χ4v) is 1.85. The van der Waals surface area contributed by atoms with Crippen molar-refractivity contribution in [2.24, 2.45) is 0 Å². The summed E-state index contributed by atoms with van der Waals surface area (Å²) in [6.45, 7) is 1.61. The molecule has 0 atom stereocenters. The summed E-state index contributed by atoms with van der Waals surface area (Å²) in [5.41, 5.74) is 0. The molecule has 0 radical (unpaired) electrons. The van der Waals surface area contributed by atoms with Gasteiger partial charge in [-0.15, -0.1) is 0 Å². The van der Waals surface area contributed by atoms with Crippen LogP contribution in [0.3, 0.4) is 0 Å². The third-order valence-electron chi connectivity index (χ3n) is 3.12. The van der Waals surface area contributed by atoms with Crippen molar-refractivity contribution in [3.05, 3.63) is 0 Å². The van der Waals surface area contributed by atoms with Crippen molar-refractivity contribution in [3.63, 3.8) is 0 Å². The van der Waals surface area contributed by atoms with Gasteiger partial charge in [-0.3, -0.25) is 9.59 Å². The van der Waals surface area contributed by atoms with E-state index in [1.807, 2.05) is 0 Å². The van der Waals surface area contributed by atoms with Crippen LogP contribution in [0.2, 0.25) is 0 Å². The molecule has 0 aliphatic heterocycles. The van der Waals surface area contributed by atoms with E-state index in [9.17, 15) is 9.59 Å². The van der Waals surface area contributed by atoms with E-state index < -0.39 is 0 Å². The number of aliphatic hydroxyl groups excluding tert-OH is 2. The Balaban J connectivity index is 3.24. The van der Waals surface area contributed by atoms with Crippen LogP contribution < -0.4 is 10.6 Å². The molecule has 6 nitrogen and oxygen atoms in total. The van der Waals surface area contributed by atoms with Crippen LogP contribution in [0, 0.1) is 0 Å². The highest BCUT2D eigenvalue weighted by molar-refractivity contribution is 5.76. The molecule has 0 aromatic carbocycles. The zero-order chi connectivity index (χ0) is 15.8. The highest BCUT2D eigenvalue weighted by Gasteiger charge is 2.01. The van der Waals surface area contributed by atoms with E-state index in [1.54, 1.807) is 0 Å². The first-order valence-corrected chi connectivity index (χ1v) is 7.95. The van der Waals surface area contributed by atoms with Gasteiger partial charge in [0.25, 0.3) is 0 Å². The second-order valence-corrected chi connectivity index (χ2v) is 5.12. The predicted molar refractivity (Wildman–Crippen MR) is 81.7 cm³/mol. The van der Waals surface area contributed by atoms with Crippen LogP contribution in [0.1, 0.15) is 57.8 Å². The van der Waals surface area contributed by atoms with Gasteiger partial charge in [0.2, 0.25) is 11.8 Å². The quantitative estimate of drug-likeness (QED) is 0.355. The SMILES string of the molecule is O=C(CCCCO)NCCCCCNC(=O)CCCCO. The Morgan fingerprint density at radius 3 is 1.43 bits per heavy atom. The number of carbonyl (C=O) groups is 2. The lowest BCUT2D eigenvalue weighted by Crippen LogP contribution is -2.25. The van der Waals surface area contributed by atoms with Crippen LogP contribution in [0.5, 0.6) is 0 Å². The Labute approximate surface area is 127 Å². The summed E-state index contributed by atoms with van der Waals surface area (Å²) in [5, 5.41) is 22.9. The van der Waals surface area contributed by atoms with Crippen LogP contribution in [0.4, 0.5) is 0 Å². The molecular weight excluding hydrogens is 272 g/mol. The smallest absolute Gasteiger partial charge is 0.219 e. The highest BCUT2D eigenvalue weighted by Crippen LogP contribution is 1.97. The summed E-state index contributed by atoms with van der Waals surface area (Å²) >= 11 is 0. The van der Waals surface area contributed by atoms with E-state index in [0.717, 1.165) is 32.1 Å². The summed E-state index contributed by atoms with van der Waals surface area (Å²) < 4.78 is 0. The van der Waals surface area contributed by atoms with Crippen molar-refractivity contribution in [2.75, 3.05) is 26.3 Å². The first-order chi connectivity index (χ1) is 10.2. The Morgan fingerprint density at radius 2 is 1.05 bits per heavy atom. The maximum atomic E-state index is 11.4. The number of nitrogens with one attached hydrogen (secondary N) is 2. The molecule has 124 valence electrons. The molecule has 21 heavy (non-hydrogen) atoms. The van der Waals surface area contributed by atoms with Crippen molar-refractivity contribution in [1.82, 2.24) is 10.6 Å². The molecule has 2 amide bonds. The van der Waals surface area contributed by atoms with Gasteiger partial charge in [0.05, 0.1) is 0 Å². The van der Waals surface area contributed by atoms with Gasteiger partial charge < -0.3 is 20.8 Å². The molecule has 0 aromatic rings. The van der Waals surface area contributed by atoms with Gasteiger partial charge in [-0.25, -0.2) is 0 Å². The Bertz CT molecular complexity index is 246. The van der Waals surface area contributed by atoms with E-state index >= 15 is 0 Å². The molecule has 0 spiro atoms. The minimum absolute atomic E-state index is 0.0423. The number of carbonyl (C=O) groups excluding carboxylic acids is 2. The van der Waals surface area contributed by atoms with E-state index in [-0.39, 0.29) is 25.0 Å². The topological polar surface area (TPSA) is 98.7 Å². The summed E-state index contributed by atoms with van der Waals surface area (Å²) in [7, 11) is 0. The van der Waals surface area contributed by atoms with Crippen molar-refractivity contribution >= 4 is 11.8 Å². The normalized spacial score (nSPS) is 10.4. The Hall–Kier alpha value is -1.14. The number of hydrogen-bond donors (Lipinski definition) is 4. The molecule has 4 N–H and O–H groups in total. The van der Waals surface area contributed by atoms with Gasteiger partial charge in [0.1, 0.15) is 0 Å². The third-order valence-corrected chi connectivity index (χ3v) is 3.12. The van der Waals surface area contributed by atoms with E-state index in [1.165, 1.54) is 0 Å². The van der Waals surface area contributed by atoms with Crippen molar-refractivity contribution in [1.29, 1.82) is 0 Å². The number of aliphatic hydroxyl groups is 2. The first-order valence-electron chi connectivity index (χ1n) is 7.95. The highest BCUT2D eigenvalue weighted by atomic mass is 16.3. The van der Waals surface area contributed by atoms with Crippen LogP contribution in [0.15, 0.2) is 0 Å². The standard InChI is InChI=1S/C15H30N2O4/c18-12-6-2-8-14(20)16-10-4-1-5-11-17-15(21)9-3-7-13-19/h18-19H,1-13H2,(H,16,20)(H,17,21).